The van der Waals surface area contributed by atoms with Crippen LogP contribution in [-0.2, 0) is 18.4 Å². The average molecular weight is 411 g/mol. The summed E-state index contributed by atoms with van der Waals surface area (Å²) in [7, 11) is 1.76. The summed E-state index contributed by atoms with van der Waals surface area (Å²) in [4.78, 5) is 32.1. The third-order valence-electron chi connectivity index (χ3n) is 5.44. The molecule has 4 rings (SSSR count). The van der Waals surface area contributed by atoms with Crippen molar-refractivity contribution in [3.8, 4) is 0 Å². The summed E-state index contributed by atoms with van der Waals surface area (Å²) in [6.45, 7) is 1.68. The highest BCUT2D eigenvalue weighted by molar-refractivity contribution is 6.30. The predicted octanol–water partition coefficient (Wildman–Crippen LogP) is 3.12. The van der Waals surface area contributed by atoms with Gasteiger partial charge in [-0.25, -0.2) is 4.98 Å². The Hall–Kier alpha value is -2.86. The number of carbonyl (C=O) groups is 1. The highest BCUT2D eigenvalue weighted by Crippen LogP contribution is 2.22. The van der Waals surface area contributed by atoms with Gasteiger partial charge in [0.15, 0.2) is 5.82 Å². The fourth-order valence-electron chi connectivity index (χ4n) is 3.79. The minimum Gasteiger partial charge on any atom is -0.352 e. The number of piperidine rings is 1. The van der Waals surface area contributed by atoms with Crippen molar-refractivity contribution in [1.29, 1.82) is 0 Å². The van der Waals surface area contributed by atoms with Crippen LogP contribution < -0.4 is 15.8 Å². The molecule has 0 radical (unpaired) electrons. The molecule has 1 atom stereocenters. The van der Waals surface area contributed by atoms with Gasteiger partial charge in [-0.1, -0.05) is 35.9 Å². The quantitative estimate of drug-likeness (QED) is 0.717. The maximum absolute atomic E-state index is 12.8. The highest BCUT2D eigenvalue weighted by atomic mass is 35.5. The molecule has 2 heterocycles. The fraction of sp³-hybridized carbons (Fsp3) is 0.318. The lowest BCUT2D eigenvalue weighted by Gasteiger charge is -2.32. The van der Waals surface area contributed by atoms with Gasteiger partial charge >= 0.3 is 0 Å². The lowest BCUT2D eigenvalue weighted by Crippen LogP contribution is -2.45. The van der Waals surface area contributed by atoms with Crippen molar-refractivity contribution in [2.24, 2.45) is 13.0 Å². The largest absolute Gasteiger partial charge is 0.352 e. The van der Waals surface area contributed by atoms with Gasteiger partial charge in [0.2, 0.25) is 5.91 Å². The van der Waals surface area contributed by atoms with E-state index in [0.717, 1.165) is 36.0 Å². The zero-order valence-corrected chi connectivity index (χ0v) is 17.0. The number of rotatable bonds is 4. The van der Waals surface area contributed by atoms with E-state index >= 15 is 0 Å². The number of nitrogens with one attached hydrogen (secondary N) is 1. The van der Waals surface area contributed by atoms with Crippen molar-refractivity contribution < 1.29 is 4.79 Å². The molecule has 1 aromatic heterocycles. The van der Waals surface area contributed by atoms with Gasteiger partial charge in [-0.15, -0.1) is 0 Å². The predicted molar refractivity (Wildman–Crippen MR) is 115 cm³/mol. The van der Waals surface area contributed by atoms with Crippen molar-refractivity contribution in [1.82, 2.24) is 14.9 Å². The summed E-state index contributed by atoms with van der Waals surface area (Å²) in [5, 5.41) is 3.68. The monoisotopic (exact) mass is 410 g/mol. The summed E-state index contributed by atoms with van der Waals surface area (Å²) in [5.74, 6) is 0.248. The van der Waals surface area contributed by atoms with E-state index in [1.54, 1.807) is 11.6 Å². The summed E-state index contributed by atoms with van der Waals surface area (Å²) in [5.41, 5.74) is 2.45. The van der Waals surface area contributed by atoms with Crippen molar-refractivity contribution in [2.45, 2.75) is 19.4 Å². The molecule has 0 saturated carbocycles. The second kappa shape index (κ2) is 8.25. The molecule has 1 saturated heterocycles. The lowest BCUT2D eigenvalue weighted by atomic mass is 9.97. The van der Waals surface area contributed by atoms with E-state index in [2.05, 4.69) is 10.3 Å². The summed E-state index contributed by atoms with van der Waals surface area (Å²) in [6, 6.07) is 15.0. The number of aromatic nitrogens is 2. The third-order valence-corrected chi connectivity index (χ3v) is 5.69. The first kappa shape index (κ1) is 19.5. The molecule has 0 aliphatic carbocycles. The Kier molecular flexibility index (Phi) is 5.53. The SMILES string of the molecule is Cn1c(=O)c(N2CCCC(C(=O)NCc3ccc(Cl)cc3)C2)nc2ccccc21. The maximum atomic E-state index is 12.8. The van der Waals surface area contributed by atoms with Crippen LogP contribution in [0.5, 0.6) is 0 Å². The van der Waals surface area contributed by atoms with Gasteiger partial charge in [0.25, 0.3) is 5.56 Å². The molecule has 1 unspecified atom stereocenters. The number of aryl methyl sites for hydroxylation is 1. The van der Waals surface area contributed by atoms with Crippen LogP contribution in [0.25, 0.3) is 11.0 Å². The number of halogens is 1. The van der Waals surface area contributed by atoms with E-state index in [9.17, 15) is 9.59 Å². The molecule has 7 heteroatoms. The van der Waals surface area contributed by atoms with Crippen LogP contribution in [0.3, 0.4) is 0 Å². The number of carbonyl (C=O) groups excluding carboxylic acids is 1. The lowest BCUT2D eigenvalue weighted by molar-refractivity contribution is -0.125. The Morgan fingerprint density at radius 2 is 1.97 bits per heavy atom. The molecule has 1 fully saturated rings. The normalized spacial score (nSPS) is 16.8. The first-order valence-electron chi connectivity index (χ1n) is 9.76. The van der Waals surface area contributed by atoms with Crippen LogP contribution in [0.1, 0.15) is 18.4 Å². The molecule has 6 nitrogen and oxygen atoms in total. The second-order valence-electron chi connectivity index (χ2n) is 7.42. The van der Waals surface area contributed by atoms with Gasteiger partial charge < -0.3 is 14.8 Å². The van der Waals surface area contributed by atoms with Crippen LogP contribution in [-0.4, -0.2) is 28.5 Å². The molecular weight excluding hydrogens is 388 g/mol. The molecule has 1 amide bonds. The van der Waals surface area contributed by atoms with Crippen molar-refractivity contribution >= 4 is 34.4 Å². The van der Waals surface area contributed by atoms with Gasteiger partial charge in [-0.05, 0) is 42.7 Å². The molecule has 1 aliphatic rings. The zero-order chi connectivity index (χ0) is 20.4. The van der Waals surface area contributed by atoms with Gasteiger partial charge in [0.1, 0.15) is 0 Å². The smallest absolute Gasteiger partial charge is 0.293 e. The van der Waals surface area contributed by atoms with Crippen molar-refractivity contribution in [3.05, 3.63) is 69.5 Å². The third kappa shape index (κ3) is 4.12. The van der Waals surface area contributed by atoms with Gasteiger partial charge in [-0.2, -0.15) is 0 Å². The Labute approximate surface area is 174 Å². The maximum Gasteiger partial charge on any atom is 0.293 e. The van der Waals surface area contributed by atoms with Crippen LogP contribution in [0.15, 0.2) is 53.3 Å². The Morgan fingerprint density at radius 1 is 1.21 bits per heavy atom. The number of benzene rings is 2. The minimum absolute atomic E-state index is 0.00210. The van der Waals surface area contributed by atoms with Crippen molar-refractivity contribution in [2.75, 3.05) is 18.0 Å². The minimum atomic E-state index is -0.172. The fourth-order valence-corrected chi connectivity index (χ4v) is 3.91. The average Bonchev–Trinajstić information content (AvgIpc) is 2.75. The van der Waals surface area contributed by atoms with E-state index < -0.39 is 0 Å². The number of amides is 1. The van der Waals surface area contributed by atoms with Gasteiger partial charge in [0, 0.05) is 31.7 Å². The number of fused-ring (bicyclic) bond motifs is 1. The van der Waals surface area contributed by atoms with Crippen LogP contribution in [0.2, 0.25) is 5.02 Å². The van der Waals surface area contributed by atoms with Crippen molar-refractivity contribution in [3.63, 3.8) is 0 Å². The van der Waals surface area contributed by atoms with E-state index in [1.165, 1.54) is 0 Å². The molecular formula is C22H23ClN4O2. The molecule has 0 bridgehead atoms. The van der Waals surface area contributed by atoms with E-state index in [-0.39, 0.29) is 17.4 Å². The number of hydrogen-bond acceptors (Lipinski definition) is 4. The Balaban J connectivity index is 1.49. The first-order valence-corrected chi connectivity index (χ1v) is 10.1. The van der Waals surface area contributed by atoms with E-state index in [4.69, 9.17) is 11.6 Å². The molecule has 3 aromatic rings. The summed E-state index contributed by atoms with van der Waals surface area (Å²) in [6.07, 6.45) is 1.65. The van der Waals surface area contributed by atoms with Crippen LogP contribution in [0, 0.1) is 5.92 Å². The highest BCUT2D eigenvalue weighted by Gasteiger charge is 2.28. The molecule has 1 aliphatic heterocycles. The molecule has 1 N–H and O–H groups in total. The number of hydrogen-bond donors (Lipinski definition) is 1. The molecule has 0 spiro atoms. The van der Waals surface area contributed by atoms with Gasteiger partial charge in [0.05, 0.1) is 17.0 Å². The molecule has 2 aromatic carbocycles. The van der Waals surface area contributed by atoms with E-state index in [0.29, 0.717) is 23.9 Å². The summed E-state index contributed by atoms with van der Waals surface area (Å²) < 4.78 is 1.63. The second-order valence-corrected chi connectivity index (χ2v) is 7.85. The van der Waals surface area contributed by atoms with Gasteiger partial charge in [-0.3, -0.25) is 9.59 Å². The molecule has 29 heavy (non-hydrogen) atoms. The topological polar surface area (TPSA) is 67.2 Å². The first-order chi connectivity index (χ1) is 14.0. The number of nitrogens with zero attached hydrogens (tertiary/aromatic N) is 3. The standard InChI is InChI=1S/C22H23ClN4O2/c1-26-19-7-3-2-6-18(19)25-20(22(26)29)27-12-4-5-16(14-27)21(28)24-13-15-8-10-17(23)11-9-15/h2-3,6-11,16H,4-5,12-14H2,1H3,(H,24,28). The number of para-hydroxylation sites is 2. The Morgan fingerprint density at radius 3 is 2.76 bits per heavy atom. The van der Waals surface area contributed by atoms with Crippen LogP contribution >= 0.6 is 11.6 Å². The zero-order valence-electron chi connectivity index (χ0n) is 16.3. The number of anilines is 1. The molecule has 150 valence electrons. The summed E-state index contributed by atoms with van der Waals surface area (Å²) >= 11 is 5.90. The van der Waals surface area contributed by atoms with Crippen LogP contribution in [0.4, 0.5) is 5.82 Å². The van der Waals surface area contributed by atoms with E-state index in [1.807, 2.05) is 53.4 Å². The Bertz CT molecular complexity index is 1090.